The number of amides is 1. The van der Waals surface area contributed by atoms with E-state index in [0.29, 0.717) is 5.02 Å². The van der Waals surface area contributed by atoms with Gasteiger partial charge in [0.05, 0.1) is 10.6 Å². The Morgan fingerprint density at radius 1 is 1.29 bits per heavy atom. The molecule has 1 aliphatic heterocycles. The second-order valence-electron chi connectivity index (χ2n) is 7.47. The van der Waals surface area contributed by atoms with Crippen molar-refractivity contribution in [3.05, 3.63) is 58.4 Å². The molecule has 0 saturated carbocycles. The first-order valence-corrected chi connectivity index (χ1v) is 10.3. The lowest BCUT2D eigenvalue weighted by molar-refractivity contribution is -0.141. The van der Waals surface area contributed by atoms with Gasteiger partial charge in [-0.15, -0.1) is 0 Å². The maximum absolute atomic E-state index is 14.9. The number of aliphatic imine (C=N–C) groups is 1. The summed E-state index contributed by atoms with van der Waals surface area (Å²) >= 11 is 6.60. The first-order chi connectivity index (χ1) is 14.4. The van der Waals surface area contributed by atoms with Crippen LogP contribution in [0.4, 0.5) is 14.5 Å². The van der Waals surface area contributed by atoms with E-state index in [4.69, 9.17) is 17.3 Å². The van der Waals surface area contributed by atoms with Crippen molar-refractivity contribution in [2.45, 2.75) is 31.1 Å². The molecule has 0 radical (unpaired) electrons. The van der Waals surface area contributed by atoms with E-state index in [1.54, 1.807) is 6.92 Å². The monoisotopic (exact) mass is 468 g/mol. The molecule has 0 spiro atoms. The molecule has 7 nitrogen and oxygen atoms in total. The summed E-state index contributed by atoms with van der Waals surface area (Å²) in [5.74, 6) is -5.03. The van der Waals surface area contributed by atoms with Gasteiger partial charge in [0.1, 0.15) is 10.4 Å². The van der Waals surface area contributed by atoms with Gasteiger partial charge in [0.25, 0.3) is 5.91 Å². The van der Waals surface area contributed by atoms with Crippen molar-refractivity contribution in [1.29, 1.82) is 0 Å². The van der Waals surface area contributed by atoms with Gasteiger partial charge in [-0.05, 0) is 32.0 Å². The molecule has 0 fully saturated rings. The number of nitrogens with zero attached hydrogens (tertiary/aromatic N) is 2. The van der Waals surface area contributed by atoms with Crippen LogP contribution in [0.25, 0.3) is 0 Å². The highest BCUT2D eigenvalue weighted by Gasteiger charge is 2.54. The molecule has 0 saturated heterocycles. The molecular formula is C20H19ClF2N4O3S. The summed E-state index contributed by atoms with van der Waals surface area (Å²) in [5, 5.41) is 12.5. The number of pyridine rings is 1. The highest BCUT2D eigenvalue weighted by molar-refractivity contribution is 8.15. The zero-order valence-electron chi connectivity index (χ0n) is 16.7. The Morgan fingerprint density at radius 3 is 2.55 bits per heavy atom. The van der Waals surface area contributed by atoms with E-state index >= 15 is 0 Å². The zero-order chi connectivity index (χ0) is 23.1. The number of nitrogens with one attached hydrogen (secondary N) is 1. The van der Waals surface area contributed by atoms with Crippen LogP contribution >= 0.6 is 23.4 Å². The van der Waals surface area contributed by atoms with Crippen LogP contribution in [-0.4, -0.2) is 31.9 Å². The van der Waals surface area contributed by atoms with Crippen molar-refractivity contribution in [3.8, 4) is 0 Å². The standard InChI is InChI=1S/C20H19ClF2N4O3S/c1-9-19(2,27-18(24)31-20(9,3)17(29)30)12-6-11(7-13(22)15(12)23)26-16(28)14-5-4-10(21)8-25-14/h4-9H,1-3H3,(H2,24,27)(H,26,28)(H,29,30)/t9-,19-,20-/m0/s1. The fraction of sp³-hybridized carbons (Fsp3) is 0.300. The molecule has 2 heterocycles. The number of nitrogens with two attached hydrogens (primary N) is 1. The predicted octanol–water partition coefficient (Wildman–Crippen LogP) is 4.02. The maximum Gasteiger partial charge on any atom is 0.320 e. The smallest absolute Gasteiger partial charge is 0.320 e. The molecule has 3 rings (SSSR count). The van der Waals surface area contributed by atoms with E-state index in [1.807, 2.05) is 0 Å². The second-order valence-corrected chi connectivity index (χ2v) is 9.38. The number of aromatic nitrogens is 1. The molecule has 0 unspecified atom stereocenters. The molecule has 1 aromatic carbocycles. The average molecular weight is 469 g/mol. The van der Waals surface area contributed by atoms with E-state index in [1.165, 1.54) is 38.2 Å². The number of thioether (sulfide) groups is 1. The minimum atomic E-state index is -1.51. The fourth-order valence-electron chi connectivity index (χ4n) is 3.45. The molecule has 164 valence electrons. The van der Waals surface area contributed by atoms with Crippen molar-refractivity contribution in [3.63, 3.8) is 0 Å². The van der Waals surface area contributed by atoms with E-state index < -0.39 is 39.7 Å². The topological polar surface area (TPSA) is 118 Å². The average Bonchev–Trinajstić information content (AvgIpc) is 2.68. The molecular weight excluding hydrogens is 450 g/mol. The SMILES string of the molecule is C[C@@H]1[C@@](C)(C(=O)O)SC(N)=N[C@]1(C)c1cc(NC(=O)c2ccc(Cl)cn2)cc(F)c1F. The number of amidine groups is 1. The Bertz CT molecular complexity index is 1100. The maximum atomic E-state index is 14.9. The number of carbonyl (C=O) groups excluding carboxylic acids is 1. The number of carbonyl (C=O) groups is 2. The molecule has 1 aliphatic rings. The van der Waals surface area contributed by atoms with Crippen LogP contribution < -0.4 is 11.1 Å². The van der Waals surface area contributed by atoms with Gasteiger partial charge in [0, 0.05) is 29.4 Å². The Balaban J connectivity index is 2.06. The lowest BCUT2D eigenvalue weighted by Gasteiger charge is -2.45. The van der Waals surface area contributed by atoms with Gasteiger partial charge in [-0.2, -0.15) is 0 Å². The van der Waals surface area contributed by atoms with E-state index in [0.717, 1.165) is 17.8 Å². The third kappa shape index (κ3) is 4.09. The summed E-state index contributed by atoms with van der Waals surface area (Å²) in [6.07, 6.45) is 1.28. The Labute approximate surface area is 186 Å². The van der Waals surface area contributed by atoms with E-state index in [-0.39, 0.29) is 22.1 Å². The number of aliphatic carboxylic acids is 1. The van der Waals surface area contributed by atoms with Gasteiger partial charge in [0.2, 0.25) is 0 Å². The van der Waals surface area contributed by atoms with Gasteiger partial charge >= 0.3 is 5.97 Å². The predicted molar refractivity (Wildman–Crippen MR) is 115 cm³/mol. The van der Waals surface area contributed by atoms with Gasteiger partial charge in [-0.25, -0.2) is 13.8 Å². The number of carboxylic acids is 1. The fourth-order valence-corrected chi connectivity index (χ4v) is 4.72. The molecule has 1 amide bonds. The van der Waals surface area contributed by atoms with E-state index in [2.05, 4.69) is 15.3 Å². The number of benzene rings is 1. The normalized spacial score (nSPS) is 25.6. The molecule has 4 N–H and O–H groups in total. The molecule has 11 heteroatoms. The summed E-state index contributed by atoms with van der Waals surface area (Å²) in [6.45, 7) is 4.52. The summed E-state index contributed by atoms with van der Waals surface area (Å²) < 4.78 is 27.9. The molecule has 0 aliphatic carbocycles. The summed E-state index contributed by atoms with van der Waals surface area (Å²) in [6, 6.07) is 4.88. The molecule has 3 atom stereocenters. The lowest BCUT2D eigenvalue weighted by atomic mass is 9.73. The van der Waals surface area contributed by atoms with Crippen LogP contribution in [0.15, 0.2) is 35.5 Å². The second kappa shape index (κ2) is 8.08. The third-order valence-corrected chi connectivity index (χ3v) is 7.02. The molecule has 2 aromatic rings. The molecule has 0 bridgehead atoms. The lowest BCUT2D eigenvalue weighted by Crippen LogP contribution is -2.52. The van der Waals surface area contributed by atoms with Crippen LogP contribution in [0.1, 0.15) is 36.8 Å². The summed E-state index contributed by atoms with van der Waals surface area (Å²) in [4.78, 5) is 32.5. The van der Waals surface area contributed by atoms with Crippen LogP contribution in [-0.2, 0) is 10.3 Å². The van der Waals surface area contributed by atoms with Crippen molar-refractivity contribution in [2.75, 3.05) is 5.32 Å². The van der Waals surface area contributed by atoms with Crippen LogP contribution in [0.5, 0.6) is 0 Å². The van der Waals surface area contributed by atoms with Crippen LogP contribution in [0.3, 0.4) is 0 Å². The van der Waals surface area contributed by atoms with Crippen LogP contribution in [0, 0.1) is 17.6 Å². The Kier molecular flexibility index (Phi) is 5.98. The molecule has 31 heavy (non-hydrogen) atoms. The minimum absolute atomic E-state index is 0.0186. The number of hydrogen-bond donors (Lipinski definition) is 3. The van der Waals surface area contributed by atoms with Gasteiger partial charge in [-0.3, -0.25) is 14.6 Å². The minimum Gasteiger partial charge on any atom is -0.480 e. The largest absolute Gasteiger partial charge is 0.480 e. The summed E-state index contributed by atoms with van der Waals surface area (Å²) in [7, 11) is 0. The third-order valence-electron chi connectivity index (χ3n) is 5.54. The number of halogens is 3. The van der Waals surface area contributed by atoms with Crippen molar-refractivity contribution >= 4 is 46.1 Å². The molecule has 1 aromatic heterocycles. The highest BCUT2D eigenvalue weighted by Crippen LogP contribution is 2.50. The number of hydrogen-bond acceptors (Lipinski definition) is 6. The quantitative estimate of drug-likeness (QED) is 0.623. The summed E-state index contributed by atoms with van der Waals surface area (Å²) in [5.41, 5.74) is 4.10. The Morgan fingerprint density at radius 2 is 1.97 bits per heavy atom. The highest BCUT2D eigenvalue weighted by atomic mass is 35.5. The number of carboxylic acid groups (broad SMARTS) is 1. The van der Waals surface area contributed by atoms with Crippen molar-refractivity contribution in [1.82, 2.24) is 4.98 Å². The Hall–Kier alpha value is -2.72. The van der Waals surface area contributed by atoms with Crippen LogP contribution in [0.2, 0.25) is 5.02 Å². The van der Waals surface area contributed by atoms with Gasteiger partial charge < -0.3 is 16.2 Å². The van der Waals surface area contributed by atoms with Crippen molar-refractivity contribution < 1.29 is 23.5 Å². The first kappa shape index (κ1) is 23.0. The van der Waals surface area contributed by atoms with Crippen molar-refractivity contribution in [2.24, 2.45) is 16.6 Å². The number of anilines is 1. The van der Waals surface area contributed by atoms with Gasteiger partial charge in [0.15, 0.2) is 16.8 Å². The van der Waals surface area contributed by atoms with Gasteiger partial charge in [-0.1, -0.05) is 30.3 Å². The number of rotatable bonds is 4. The first-order valence-electron chi connectivity index (χ1n) is 9.08. The zero-order valence-corrected chi connectivity index (χ0v) is 18.3. The van der Waals surface area contributed by atoms with E-state index in [9.17, 15) is 23.5 Å².